The zero-order valence-electron chi connectivity index (χ0n) is 25.4. The molecule has 4 rings (SSSR count). The van der Waals surface area contributed by atoms with Gasteiger partial charge in [0.2, 0.25) is 0 Å². The van der Waals surface area contributed by atoms with Crippen LogP contribution in [0, 0.1) is 0 Å². The van der Waals surface area contributed by atoms with E-state index < -0.39 is 75.4 Å². The van der Waals surface area contributed by atoms with Crippen molar-refractivity contribution in [1.29, 1.82) is 0 Å². The number of phenolic OH excluding ortho intramolecular Hbond substituents is 1. The number of nitrogens with two attached hydrogens (primary N) is 1. The number of methoxy groups -OCH3 is 1. The van der Waals surface area contributed by atoms with E-state index in [9.17, 15) is 54.2 Å². The van der Waals surface area contributed by atoms with Crippen LogP contribution in [0.5, 0.6) is 23.0 Å². The molecule has 50 heavy (non-hydrogen) atoms. The molecular weight excluding hydrogens is 731 g/mol. The van der Waals surface area contributed by atoms with Gasteiger partial charge in [-0.3, -0.25) is 13.7 Å². The first-order valence-electron chi connectivity index (χ1n) is 13.6. The fourth-order valence-electron chi connectivity index (χ4n) is 4.27. The highest BCUT2D eigenvalue weighted by Gasteiger charge is 2.25. The number of fused-ring (bicyclic) bond motifs is 1. The molecule has 0 aliphatic carbocycles. The molecule has 0 radical (unpaired) electrons. The van der Waals surface area contributed by atoms with Crippen LogP contribution >= 0.6 is 0 Å². The standard InChI is InChI=1S/C27H27N5O15S3/c1-45-15-2-3-18(24(10-15)49(39,40)41)29-30-19-12-22(47-7-5-34)20(13-21(19)46-6-4-33)31-32-26-25(50(42,43)44)9-14-8-23(48(36,37)38)17(28)11-16(14)27(26)35/h2-3,8-13,33-35H,4-7,28H2,1H3,(H,36,37,38)(H,39,40,41)(H,42,43,44). The summed E-state index contributed by atoms with van der Waals surface area (Å²) < 4.78 is 117. The molecule has 0 fully saturated rings. The second-order valence-corrected chi connectivity index (χ2v) is 13.9. The lowest BCUT2D eigenvalue weighted by Gasteiger charge is -2.13. The fraction of sp³-hybridized carbons (Fsp3) is 0.185. The van der Waals surface area contributed by atoms with Crippen LogP contribution in [-0.2, 0) is 30.4 Å². The minimum Gasteiger partial charge on any atom is -0.505 e. The number of rotatable bonds is 14. The van der Waals surface area contributed by atoms with Crippen molar-refractivity contribution in [3.8, 4) is 23.0 Å². The van der Waals surface area contributed by atoms with Crippen molar-refractivity contribution >= 4 is 69.6 Å². The van der Waals surface area contributed by atoms with Crippen LogP contribution in [0.15, 0.2) is 83.7 Å². The normalized spacial score (nSPS) is 12.6. The number of aliphatic hydroxyl groups excluding tert-OH is 2. The van der Waals surface area contributed by atoms with E-state index >= 15 is 0 Å². The van der Waals surface area contributed by atoms with E-state index in [1.807, 2.05) is 0 Å². The van der Waals surface area contributed by atoms with Crippen LogP contribution < -0.4 is 19.9 Å². The Labute approximate surface area is 283 Å². The van der Waals surface area contributed by atoms with Gasteiger partial charge >= 0.3 is 0 Å². The van der Waals surface area contributed by atoms with Crippen molar-refractivity contribution < 1.29 is 68.4 Å². The summed E-state index contributed by atoms with van der Waals surface area (Å²) in [5, 5.41) is 44.7. The van der Waals surface area contributed by atoms with E-state index in [-0.39, 0.29) is 58.3 Å². The van der Waals surface area contributed by atoms with Crippen molar-refractivity contribution in [1.82, 2.24) is 0 Å². The SMILES string of the molecule is COc1ccc(N=Nc2cc(OCCO)c(N=Nc3c(S(=O)(=O)O)cc4cc(S(=O)(=O)O)c(N)cc4c3O)cc2OCCO)c(S(=O)(=O)O)c1. The van der Waals surface area contributed by atoms with Crippen molar-refractivity contribution in [3.63, 3.8) is 0 Å². The highest BCUT2D eigenvalue weighted by Crippen LogP contribution is 2.46. The van der Waals surface area contributed by atoms with Crippen LogP contribution in [-0.4, -0.2) is 87.8 Å². The maximum atomic E-state index is 12.3. The Balaban J connectivity index is 1.92. The number of ether oxygens (including phenoxy) is 3. The molecule has 268 valence electrons. The third-order valence-corrected chi connectivity index (χ3v) is 9.10. The predicted octanol–water partition coefficient (Wildman–Crippen LogP) is 3.45. The summed E-state index contributed by atoms with van der Waals surface area (Å²) in [5.41, 5.74) is 3.60. The first kappa shape index (κ1) is 37.8. The van der Waals surface area contributed by atoms with Crippen molar-refractivity contribution in [2.24, 2.45) is 20.5 Å². The Hall–Kier alpha value is -5.01. The fourth-order valence-corrected chi connectivity index (χ4v) is 6.20. The summed E-state index contributed by atoms with van der Waals surface area (Å²) in [6, 6.07) is 8.19. The quantitative estimate of drug-likeness (QED) is 0.0550. The maximum Gasteiger partial charge on any atom is 0.296 e. The molecule has 0 bridgehead atoms. The summed E-state index contributed by atoms with van der Waals surface area (Å²) in [6.07, 6.45) is 0. The van der Waals surface area contributed by atoms with Crippen LogP contribution in [0.3, 0.4) is 0 Å². The largest absolute Gasteiger partial charge is 0.505 e. The Kier molecular flexibility index (Phi) is 11.2. The van der Waals surface area contributed by atoms with Gasteiger partial charge < -0.3 is 35.3 Å². The van der Waals surface area contributed by atoms with Crippen molar-refractivity contribution in [2.45, 2.75) is 14.7 Å². The number of phenols is 1. The maximum absolute atomic E-state index is 12.3. The Morgan fingerprint density at radius 3 is 1.66 bits per heavy atom. The second kappa shape index (κ2) is 14.9. The highest BCUT2D eigenvalue weighted by atomic mass is 32.2. The molecule has 8 N–H and O–H groups in total. The minimum absolute atomic E-state index is 0.0823. The number of nitrogen functional groups attached to an aromatic ring is 1. The third-order valence-electron chi connectivity index (χ3n) is 6.44. The first-order valence-corrected chi connectivity index (χ1v) is 17.9. The van der Waals surface area contributed by atoms with Gasteiger partial charge in [-0.15, -0.1) is 20.5 Å². The zero-order valence-corrected chi connectivity index (χ0v) is 27.8. The van der Waals surface area contributed by atoms with Gasteiger partial charge in [-0.25, -0.2) is 0 Å². The van der Waals surface area contributed by atoms with Gasteiger partial charge in [0, 0.05) is 23.6 Å². The summed E-state index contributed by atoms with van der Waals surface area (Å²) in [4.78, 5) is -2.49. The summed E-state index contributed by atoms with van der Waals surface area (Å²) in [7, 11) is -13.6. The molecule has 0 aliphatic heterocycles. The topological polar surface area (TPSA) is 327 Å². The summed E-state index contributed by atoms with van der Waals surface area (Å²) in [5.74, 6) is -1.24. The molecule has 0 spiro atoms. The lowest BCUT2D eigenvalue weighted by atomic mass is 10.1. The molecule has 4 aromatic rings. The molecule has 0 heterocycles. The lowest BCUT2D eigenvalue weighted by molar-refractivity contribution is 0.198. The molecule has 20 nitrogen and oxygen atoms in total. The smallest absolute Gasteiger partial charge is 0.296 e. The average Bonchev–Trinajstić information content (AvgIpc) is 3.03. The molecular formula is C27H27N5O15S3. The monoisotopic (exact) mass is 757 g/mol. The third kappa shape index (κ3) is 8.58. The van der Waals surface area contributed by atoms with Crippen LogP contribution in [0.25, 0.3) is 10.8 Å². The zero-order chi connectivity index (χ0) is 37.0. The number of hydrogen-bond acceptors (Lipinski definition) is 17. The molecule has 0 aliphatic rings. The van der Waals surface area contributed by atoms with E-state index in [0.29, 0.717) is 0 Å². The molecule has 0 unspecified atom stereocenters. The van der Waals surface area contributed by atoms with Crippen LogP contribution in [0.2, 0.25) is 0 Å². The predicted molar refractivity (Wildman–Crippen MR) is 172 cm³/mol. The molecule has 0 atom stereocenters. The van der Waals surface area contributed by atoms with E-state index in [0.717, 1.165) is 36.4 Å². The minimum atomic E-state index is -5.18. The highest BCUT2D eigenvalue weighted by molar-refractivity contribution is 7.86. The molecule has 0 aromatic heterocycles. The average molecular weight is 758 g/mol. The number of azo groups is 2. The first-order chi connectivity index (χ1) is 23.4. The second-order valence-electron chi connectivity index (χ2n) is 9.77. The molecule has 0 saturated carbocycles. The van der Waals surface area contributed by atoms with E-state index in [1.165, 1.54) is 19.2 Å². The molecule has 0 saturated heterocycles. The summed E-state index contributed by atoms with van der Waals surface area (Å²) in [6.45, 7) is -1.66. The Morgan fingerprint density at radius 2 is 1.16 bits per heavy atom. The number of benzene rings is 4. The molecule has 0 amide bonds. The molecule has 4 aromatic carbocycles. The van der Waals surface area contributed by atoms with Gasteiger partial charge in [-0.05, 0) is 35.7 Å². The van der Waals surface area contributed by atoms with E-state index in [4.69, 9.17) is 19.9 Å². The summed E-state index contributed by atoms with van der Waals surface area (Å²) >= 11 is 0. The van der Waals surface area contributed by atoms with Crippen molar-refractivity contribution in [3.05, 3.63) is 48.5 Å². The van der Waals surface area contributed by atoms with E-state index in [1.54, 1.807) is 0 Å². The number of aromatic hydroxyl groups is 1. The molecule has 23 heteroatoms. The number of aliphatic hydroxyl groups is 2. The Bertz CT molecular complexity index is 2350. The van der Waals surface area contributed by atoms with Gasteiger partial charge in [-0.2, -0.15) is 25.3 Å². The Morgan fingerprint density at radius 1 is 0.660 bits per heavy atom. The lowest BCUT2D eigenvalue weighted by Crippen LogP contribution is -2.04. The van der Waals surface area contributed by atoms with Crippen LogP contribution in [0.4, 0.5) is 28.4 Å². The number of anilines is 1. The van der Waals surface area contributed by atoms with E-state index in [2.05, 4.69) is 20.5 Å². The number of hydrogen-bond donors (Lipinski definition) is 7. The number of nitrogens with zero attached hydrogens (tertiary/aromatic N) is 4. The van der Waals surface area contributed by atoms with Gasteiger partial charge in [0.25, 0.3) is 30.4 Å². The van der Waals surface area contributed by atoms with Gasteiger partial charge in [0.05, 0.1) is 26.0 Å². The van der Waals surface area contributed by atoms with Gasteiger partial charge in [-0.1, -0.05) is 0 Å². The van der Waals surface area contributed by atoms with Crippen molar-refractivity contribution in [2.75, 3.05) is 39.3 Å². The van der Waals surface area contributed by atoms with Gasteiger partial charge in [0.1, 0.15) is 67.9 Å². The van der Waals surface area contributed by atoms with Gasteiger partial charge in [0.15, 0.2) is 5.75 Å². The van der Waals surface area contributed by atoms with Crippen LogP contribution in [0.1, 0.15) is 0 Å².